The van der Waals surface area contributed by atoms with Crippen molar-refractivity contribution >= 4 is 10.9 Å². The molecule has 0 aliphatic heterocycles. The number of nitrogens with two attached hydrogens (primary N) is 1. The molecule has 3 rings (SSSR count). The first kappa shape index (κ1) is 11.8. The molecular formula is C16H15N3. The summed E-state index contributed by atoms with van der Waals surface area (Å²) in [4.78, 5) is 8.74. The highest BCUT2D eigenvalue weighted by atomic mass is 14.8. The van der Waals surface area contributed by atoms with Gasteiger partial charge in [-0.25, -0.2) is 0 Å². The number of aromatic nitrogens is 2. The maximum absolute atomic E-state index is 6.36. The minimum atomic E-state index is -0.229. The lowest BCUT2D eigenvalue weighted by molar-refractivity contribution is 0.833. The van der Waals surface area contributed by atoms with E-state index in [-0.39, 0.29) is 6.04 Å². The second-order valence-electron chi connectivity index (χ2n) is 4.65. The van der Waals surface area contributed by atoms with Gasteiger partial charge in [0.2, 0.25) is 0 Å². The highest BCUT2D eigenvalue weighted by molar-refractivity contribution is 5.82. The van der Waals surface area contributed by atoms with E-state index in [1.54, 1.807) is 12.4 Å². The largest absolute Gasteiger partial charge is 0.319 e. The predicted octanol–water partition coefficient (Wildman–Crippen LogP) is 2.99. The van der Waals surface area contributed by atoms with Crippen LogP contribution in [0.25, 0.3) is 10.9 Å². The molecule has 2 aromatic heterocycles. The van der Waals surface area contributed by atoms with Crippen LogP contribution in [0.1, 0.15) is 22.9 Å². The van der Waals surface area contributed by atoms with E-state index in [0.717, 1.165) is 22.2 Å². The second kappa shape index (κ2) is 4.78. The summed E-state index contributed by atoms with van der Waals surface area (Å²) in [6.07, 6.45) is 3.59. The maximum atomic E-state index is 6.36. The Kier molecular flexibility index (Phi) is 2.97. The number of aryl methyl sites for hydroxylation is 1. The molecule has 0 aliphatic rings. The van der Waals surface area contributed by atoms with Crippen LogP contribution in [0.2, 0.25) is 0 Å². The van der Waals surface area contributed by atoms with E-state index in [1.165, 1.54) is 5.56 Å². The van der Waals surface area contributed by atoms with Crippen molar-refractivity contribution in [3.63, 3.8) is 0 Å². The Labute approximate surface area is 112 Å². The number of benzene rings is 1. The summed E-state index contributed by atoms with van der Waals surface area (Å²) in [6, 6.07) is 13.8. The van der Waals surface area contributed by atoms with Gasteiger partial charge in [-0.2, -0.15) is 0 Å². The Morgan fingerprint density at radius 2 is 1.89 bits per heavy atom. The monoisotopic (exact) mass is 249 g/mol. The number of nitrogens with zero attached hydrogens (tertiary/aromatic N) is 2. The van der Waals surface area contributed by atoms with E-state index in [2.05, 4.69) is 9.97 Å². The summed E-state index contributed by atoms with van der Waals surface area (Å²) in [5, 5.41) is 1.08. The van der Waals surface area contributed by atoms with Gasteiger partial charge in [-0.3, -0.25) is 9.97 Å². The van der Waals surface area contributed by atoms with E-state index < -0.39 is 0 Å². The van der Waals surface area contributed by atoms with E-state index in [1.807, 2.05) is 49.4 Å². The van der Waals surface area contributed by atoms with E-state index in [4.69, 9.17) is 5.73 Å². The van der Waals surface area contributed by atoms with Crippen molar-refractivity contribution in [2.45, 2.75) is 13.0 Å². The van der Waals surface area contributed by atoms with Gasteiger partial charge in [-0.1, -0.05) is 18.2 Å². The summed E-state index contributed by atoms with van der Waals surface area (Å²) in [5.41, 5.74) is 10.4. The van der Waals surface area contributed by atoms with Crippen molar-refractivity contribution in [3.8, 4) is 0 Å². The molecule has 0 spiro atoms. The average molecular weight is 249 g/mol. The minimum absolute atomic E-state index is 0.229. The zero-order valence-electron chi connectivity index (χ0n) is 10.7. The summed E-state index contributed by atoms with van der Waals surface area (Å²) in [7, 11) is 0. The molecular weight excluding hydrogens is 234 g/mol. The topological polar surface area (TPSA) is 51.8 Å². The number of rotatable bonds is 2. The van der Waals surface area contributed by atoms with Gasteiger partial charge in [0, 0.05) is 17.8 Å². The van der Waals surface area contributed by atoms with E-state index in [0.29, 0.717) is 0 Å². The standard InChI is InChI=1S/C16H15N3/c1-11-7-9-19-15(10-11)16(17)13-4-2-6-14-12(13)5-3-8-18-14/h2-10,16H,17H2,1H3. The fourth-order valence-electron chi connectivity index (χ4n) is 2.29. The van der Waals surface area contributed by atoms with Crippen LogP contribution in [0.5, 0.6) is 0 Å². The van der Waals surface area contributed by atoms with Crippen LogP contribution in [0.4, 0.5) is 0 Å². The van der Waals surface area contributed by atoms with Crippen molar-refractivity contribution in [2.75, 3.05) is 0 Å². The third-order valence-corrected chi connectivity index (χ3v) is 3.27. The normalized spacial score (nSPS) is 12.5. The lowest BCUT2D eigenvalue weighted by Gasteiger charge is -2.14. The van der Waals surface area contributed by atoms with Crippen molar-refractivity contribution < 1.29 is 0 Å². The molecule has 1 aromatic carbocycles. The average Bonchev–Trinajstić information content (AvgIpc) is 2.46. The second-order valence-corrected chi connectivity index (χ2v) is 4.65. The lowest BCUT2D eigenvalue weighted by Crippen LogP contribution is -2.14. The molecule has 0 amide bonds. The first-order chi connectivity index (χ1) is 9.25. The molecule has 0 saturated heterocycles. The van der Waals surface area contributed by atoms with E-state index in [9.17, 15) is 0 Å². The molecule has 1 atom stereocenters. The van der Waals surface area contributed by atoms with Gasteiger partial charge in [0.15, 0.2) is 0 Å². The highest BCUT2D eigenvalue weighted by Gasteiger charge is 2.13. The lowest BCUT2D eigenvalue weighted by atomic mass is 9.98. The Bertz CT molecular complexity index is 717. The number of pyridine rings is 2. The summed E-state index contributed by atoms with van der Waals surface area (Å²) < 4.78 is 0. The SMILES string of the molecule is Cc1ccnc(C(N)c2cccc3ncccc23)c1. The van der Waals surface area contributed by atoms with Gasteiger partial charge in [-0.05, 0) is 42.3 Å². The van der Waals surface area contributed by atoms with Gasteiger partial charge < -0.3 is 5.73 Å². The molecule has 1 unspecified atom stereocenters. The Morgan fingerprint density at radius 3 is 2.74 bits per heavy atom. The van der Waals surface area contributed by atoms with Crippen LogP contribution < -0.4 is 5.73 Å². The Balaban J connectivity index is 2.14. The van der Waals surface area contributed by atoms with Crippen LogP contribution in [0.15, 0.2) is 54.9 Å². The number of hydrogen-bond acceptors (Lipinski definition) is 3. The number of hydrogen-bond donors (Lipinski definition) is 1. The molecule has 0 saturated carbocycles. The zero-order chi connectivity index (χ0) is 13.2. The van der Waals surface area contributed by atoms with E-state index >= 15 is 0 Å². The molecule has 0 aliphatic carbocycles. The summed E-state index contributed by atoms with van der Waals surface area (Å²) >= 11 is 0. The van der Waals surface area contributed by atoms with Crippen molar-refractivity contribution in [1.29, 1.82) is 0 Å². The Morgan fingerprint density at radius 1 is 1.00 bits per heavy atom. The smallest absolute Gasteiger partial charge is 0.0733 e. The first-order valence-corrected chi connectivity index (χ1v) is 6.27. The third-order valence-electron chi connectivity index (χ3n) is 3.27. The van der Waals surface area contributed by atoms with Gasteiger partial charge in [0.1, 0.15) is 0 Å². The molecule has 3 heteroatoms. The number of fused-ring (bicyclic) bond motifs is 1. The first-order valence-electron chi connectivity index (χ1n) is 6.27. The molecule has 0 fully saturated rings. The summed E-state index contributed by atoms with van der Waals surface area (Å²) in [5.74, 6) is 0. The quantitative estimate of drug-likeness (QED) is 0.759. The molecule has 19 heavy (non-hydrogen) atoms. The third kappa shape index (κ3) is 2.20. The molecule has 2 heterocycles. The zero-order valence-corrected chi connectivity index (χ0v) is 10.7. The molecule has 3 aromatic rings. The van der Waals surface area contributed by atoms with Gasteiger partial charge >= 0.3 is 0 Å². The maximum Gasteiger partial charge on any atom is 0.0733 e. The molecule has 2 N–H and O–H groups in total. The van der Waals surface area contributed by atoms with Gasteiger partial charge in [0.05, 0.1) is 17.3 Å². The van der Waals surface area contributed by atoms with Crippen molar-refractivity contribution in [3.05, 3.63) is 71.7 Å². The van der Waals surface area contributed by atoms with Crippen molar-refractivity contribution in [1.82, 2.24) is 9.97 Å². The molecule has 94 valence electrons. The van der Waals surface area contributed by atoms with Crippen molar-refractivity contribution in [2.24, 2.45) is 5.73 Å². The molecule has 0 radical (unpaired) electrons. The fourth-order valence-corrected chi connectivity index (χ4v) is 2.29. The predicted molar refractivity (Wildman–Crippen MR) is 76.7 cm³/mol. The molecule has 3 nitrogen and oxygen atoms in total. The van der Waals surface area contributed by atoms with Crippen LogP contribution in [-0.4, -0.2) is 9.97 Å². The fraction of sp³-hybridized carbons (Fsp3) is 0.125. The highest BCUT2D eigenvalue weighted by Crippen LogP contribution is 2.25. The van der Waals surface area contributed by atoms with Gasteiger partial charge in [0.25, 0.3) is 0 Å². The van der Waals surface area contributed by atoms with Gasteiger partial charge in [-0.15, -0.1) is 0 Å². The Hall–Kier alpha value is -2.26. The van der Waals surface area contributed by atoms with Crippen LogP contribution in [0.3, 0.4) is 0 Å². The van der Waals surface area contributed by atoms with Crippen LogP contribution in [-0.2, 0) is 0 Å². The molecule has 0 bridgehead atoms. The van der Waals surface area contributed by atoms with Crippen LogP contribution in [0, 0.1) is 6.92 Å². The summed E-state index contributed by atoms with van der Waals surface area (Å²) in [6.45, 7) is 2.04. The van der Waals surface area contributed by atoms with Crippen LogP contribution >= 0.6 is 0 Å². The minimum Gasteiger partial charge on any atom is -0.319 e.